The van der Waals surface area contributed by atoms with Gasteiger partial charge in [-0.15, -0.1) is 0 Å². The van der Waals surface area contributed by atoms with Crippen molar-refractivity contribution in [1.82, 2.24) is 20.2 Å². The second-order valence-corrected chi connectivity index (χ2v) is 12.3. The summed E-state index contributed by atoms with van der Waals surface area (Å²) in [5.74, 6) is 1.00. The maximum Gasteiger partial charge on any atom is 0.264 e. The van der Waals surface area contributed by atoms with Gasteiger partial charge < -0.3 is 30.2 Å². The van der Waals surface area contributed by atoms with Gasteiger partial charge in [0, 0.05) is 48.5 Å². The molecule has 2 aliphatic heterocycles. The molecule has 12 heteroatoms. The Bertz CT molecular complexity index is 1880. The van der Waals surface area contributed by atoms with Crippen molar-refractivity contribution in [2.75, 3.05) is 44.1 Å². The molecule has 4 aromatic rings. The van der Waals surface area contributed by atoms with E-state index in [1.54, 1.807) is 25.3 Å². The number of amides is 3. The van der Waals surface area contributed by atoms with Crippen LogP contribution in [0.3, 0.4) is 0 Å². The van der Waals surface area contributed by atoms with Crippen LogP contribution in [0.25, 0.3) is 11.3 Å². The molecule has 0 bridgehead atoms. The van der Waals surface area contributed by atoms with Crippen LogP contribution in [0, 0.1) is 0 Å². The van der Waals surface area contributed by atoms with Gasteiger partial charge >= 0.3 is 0 Å². The minimum Gasteiger partial charge on any atom is -0.497 e. The highest BCUT2D eigenvalue weighted by molar-refractivity contribution is 6.25. The van der Waals surface area contributed by atoms with Crippen LogP contribution in [0.1, 0.15) is 59.2 Å². The number of unbranched alkanes of at least 4 members (excludes halogenated alkanes) is 2. The first-order valence-electron chi connectivity index (χ1n) is 17.2. The van der Waals surface area contributed by atoms with Gasteiger partial charge in [-0.05, 0) is 87.1 Å². The van der Waals surface area contributed by atoms with Crippen molar-refractivity contribution < 1.29 is 28.6 Å². The number of aromatic nitrogens is 2. The van der Waals surface area contributed by atoms with E-state index >= 15 is 0 Å². The predicted octanol–water partition coefficient (Wildman–Crippen LogP) is 6.35. The lowest BCUT2D eigenvalue weighted by Crippen LogP contribution is -2.51. The van der Waals surface area contributed by atoms with Gasteiger partial charge in [-0.1, -0.05) is 24.8 Å². The number of carbonyl (C=O) groups is 3. The summed E-state index contributed by atoms with van der Waals surface area (Å²) >= 11 is 0. The summed E-state index contributed by atoms with van der Waals surface area (Å²) < 4.78 is 17.1. The number of imide groups is 1. The van der Waals surface area contributed by atoms with Crippen molar-refractivity contribution in [3.63, 3.8) is 0 Å². The maximum atomic E-state index is 13.3. The van der Waals surface area contributed by atoms with Gasteiger partial charge in [-0.25, -0.2) is 9.97 Å². The molecular formula is C39H42N6O6. The van der Waals surface area contributed by atoms with E-state index in [-0.39, 0.29) is 5.91 Å². The van der Waals surface area contributed by atoms with Crippen molar-refractivity contribution in [2.45, 2.75) is 44.6 Å². The highest BCUT2D eigenvalue weighted by Gasteiger charge is 2.45. The third kappa shape index (κ3) is 8.71. The Morgan fingerprint density at radius 3 is 2.47 bits per heavy atom. The quantitative estimate of drug-likeness (QED) is 0.0847. The minimum absolute atomic E-state index is 0.320. The molecule has 3 N–H and O–H groups in total. The molecule has 3 aromatic carbocycles. The molecular weight excluding hydrogens is 648 g/mol. The summed E-state index contributed by atoms with van der Waals surface area (Å²) in [5.41, 5.74) is 4.47. The number of hydrogen-bond donors (Lipinski definition) is 3. The second-order valence-electron chi connectivity index (χ2n) is 12.3. The summed E-state index contributed by atoms with van der Waals surface area (Å²) in [6, 6.07) is 21.7. The fraction of sp³-hybridized carbons (Fsp3) is 0.308. The average Bonchev–Trinajstić information content (AvgIpc) is 3.40. The molecule has 3 amide bonds. The van der Waals surface area contributed by atoms with E-state index in [1.165, 1.54) is 6.33 Å². The number of benzene rings is 3. The van der Waals surface area contributed by atoms with E-state index in [0.29, 0.717) is 67.5 Å². The van der Waals surface area contributed by atoms with Crippen LogP contribution in [-0.2, 0) is 9.53 Å². The first-order valence-corrected chi connectivity index (χ1v) is 17.2. The van der Waals surface area contributed by atoms with E-state index < -0.39 is 17.9 Å². The van der Waals surface area contributed by atoms with E-state index in [2.05, 4.69) is 32.5 Å². The Balaban J connectivity index is 0.865. The van der Waals surface area contributed by atoms with Gasteiger partial charge in [-0.2, -0.15) is 0 Å². The average molecular weight is 691 g/mol. The fourth-order valence-corrected chi connectivity index (χ4v) is 6.04. The first-order chi connectivity index (χ1) is 24.9. The molecule has 0 aliphatic carbocycles. The summed E-state index contributed by atoms with van der Waals surface area (Å²) in [5, 5.41) is 9.26. The number of nitrogens with zero attached hydrogens (tertiary/aromatic N) is 3. The lowest BCUT2D eigenvalue weighted by atomic mass is 10.0. The summed E-state index contributed by atoms with van der Waals surface area (Å²) in [4.78, 5) is 48.8. The lowest BCUT2D eigenvalue weighted by Gasteiger charge is -2.29. The van der Waals surface area contributed by atoms with Crippen LogP contribution >= 0.6 is 0 Å². The third-order valence-corrected chi connectivity index (χ3v) is 8.72. The van der Waals surface area contributed by atoms with Crippen molar-refractivity contribution in [3.05, 3.63) is 103 Å². The molecule has 264 valence electrons. The van der Waals surface area contributed by atoms with Gasteiger partial charge in [0.05, 0.1) is 30.5 Å². The Morgan fingerprint density at radius 1 is 0.882 bits per heavy atom. The molecule has 0 radical (unpaired) electrons. The zero-order valence-corrected chi connectivity index (χ0v) is 28.7. The van der Waals surface area contributed by atoms with Crippen LogP contribution < -0.4 is 25.4 Å². The first kappa shape index (κ1) is 35.1. The highest BCUT2D eigenvalue weighted by atomic mass is 16.5. The van der Waals surface area contributed by atoms with Gasteiger partial charge in [0.2, 0.25) is 5.91 Å². The Morgan fingerprint density at radius 2 is 1.67 bits per heavy atom. The van der Waals surface area contributed by atoms with Crippen LogP contribution in [0.5, 0.6) is 11.5 Å². The fourth-order valence-electron chi connectivity index (χ4n) is 6.04. The number of rotatable bonds is 17. The minimum atomic E-state index is -0.829. The van der Waals surface area contributed by atoms with Crippen molar-refractivity contribution in [2.24, 2.45) is 0 Å². The molecule has 0 saturated carbocycles. The number of piperidine rings is 1. The molecule has 51 heavy (non-hydrogen) atoms. The zero-order valence-electron chi connectivity index (χ0n) is 28.7. The summed E-state index contributed by atoms with van der Waals surface area (Å²) in [7, 11) is 1.64. The van der Waals surface area contributed by atoms with Crippen LogP contribution in [0.2, 0.25) is 0 Å². The standard InChI is InChI=1S/C39H42N6O6/c1-26-13-18-34(37(46)43-26)45-38(47)31-11-8-12-32(36(31)39(45)48)40-19-3-4-20-50-21-5-6-22-51-30-10-7-9-27(23-30)33-24-35(42-25-41-33)44-28-14-16-29(49-2)17-15-28/h7-12,14-17,23-25,34,40H,1,3-6,13,18-22H2,2H3,(H,43,46)(H,41,42,44). The van der Waals surface area contributed by atoms with E-state index in [9.17, 15) is 14.4 Å². The number of hydrogen-bond acceptors (Lipinski definition) is 10. The molecule has 6 rings (SSSR count). The number of allylic oxidation sites excluding steroid dienone is 1. The van der Waals surface area contributed by atoms with Gasteiger partial charge in [-0.3, -0.25) is 19.3 Å². The van der Waals surface area contributed by atoms with Gasteiger partial charge in [0.25, 0.3) is 11.8 Å². The molecule has 1 saturated heterocycles. The smallest absolute Gasteiger partial charge is 0.264 e. The van der Waals surface area contributed by atoms with E-state index in [1.807, 2.05) is 54.6 Å². The SMILES string of the molecule is C=C1CCC(N2C(=O)c3cccc(NCCCCOCCCCOc4cccc(-c5cc(Nc6ccc(OC)cc6)ncn5)c4)c3C2=O)C(=O)N1. The van der Waals surface area contributed by atoms with Gasteiger partial charge in [0.1, 0.15) is 29.7 Å². The normalized spacial score (nSPS) is 15.4. The van der Waals surface area contributed by atoms with Crippen molar-refractivity contribution in [1.29, 1.82) is 0 Å². The number of methoxy groups -OCH3 is 1. The van der Waals surface area contributed by atoms with Crippen LogP contribution in [0.4, 0.5) is 17.2 Å². The predicted molar refractivity (Wildman–Crippen MR) is 194 cm³/mol. The monoisotopic (exact) mass is 690 g/mol. The summed E-state index contributed by atoms with van der Waals surface area (Å²) in [6.45, 7) is 6.24. The molecule has 1 atom stereocenters. The number of nitrogens with one attached hydrogen (secondary N) is 3. The molecule has 1 aromatic heterocycles. The molecule has 2 aliphatic rings. The van der Waals surface area contributed by atoms with E-state index in [0.717, 1.165) is 59.0 Å². The molecule has 1 unspecified atom stereocenters. The van der Waals surface area contributed by atoms with Crippen molar-refractivity contribution >= 4 is 34.9 Å². The number of ether oxygens (including phenoxy) is 3. The molecule has 0 spiro atoms. The molecule has 1 fully saturated rings. The number of fused-ring (bicyclic) bond motifs is 1. The number of anilines is 3. The topological polar surface area (TPSA) is 144 Å². The van der Waals surface area contributed by atoms with Crippen molar-refractivity contribution in [3.8, 4) is 22.8 Å². The zero-order chi connectivity index (χ0) is 35.6. The van der Waals surface area contributed by atoms with Crippen LogP contribution in [-0.4, -0.2) is 72.1 Å². The Hall–Kier alpha value is -5.75. The maximum absolute atomic E-state index is 13.3. The summed E-state index contributed by atoms with van der Waals surface area (Å²) in [6.07, 6.45) is 5.84. The van der Waals surface area contributed by atoms with Gasteiger partial charge in [0.15, 0.2) is 0 Å². The largest absolute Gasteiger partial charge is 0.497 e. The highest BCUT2D eigenvalue weighted by Crippen LogP contribution is 2.33. The van der Waals surface area contributed by atoms with Crippen LogP contribution in [0.15, 0.2) is 91.4 Å². The Kier molecular flexibility index (Phi) is 11.5. The molecule has 3 heterocycles. The van der Waals surface area contributed by atoms with E-state index in [4.69, 9.17) is 14.2 Å². The number of carbonyl (C=O) groups excluding carboxylic acids is 3. The molecule has 12 nitrogen and oxygen atoms in total. The second kappa shape index (κ2) is 16.8. The lowest BCUT2D eigenvalue weighted by molar-refractivity contribution is -0.125. The Labute approximate surface area is 297 Å². The third-order valence-electron chi connectivity index (χ3n) is 8.72.